The van der Waals surface area contributed by atoms with Crippen molar-refractivity contribution in [2.45, 2.75) is 13.0 Å². The minimum absolute atomic E-state index is 0.667. The van der Waals surface area contributed by atoms with Crippen LogP contribution in [0.25, 0.3) is 0 Å². The summed E-state index contributed by atoms with van der Waals surface area (Å²) in [7, 11) is 5.16. The Morgan fingerprint density at radius 3 is 2.30 bits per heavy atom. The van der Waals surface area contributed by atoms with Crippen LogP contribution in [0.15, 0.2) is 30.6 Å². The average molecular weight is 273 g/mol. The van der Waals surface area contributed by atoms with Crippen LogP contribution >= 0.6 is 0 Å². The number of hydrogen-bond acceptors (Lipinski definition) is 5. The van der Waals surface area contributed by atoms with E-state index in [0.717, 1.165) is 35.0 Å². The van der Waals surface area contributed by atoms with Crippen LogP contribution in [-0.2, 0) is 13.0 Å². The van der Waals surface area contributed by atoms with Gasteiger partial charge in [0.05, 0.1) is 14.2 Å². The summed E-state index contributed by atoms with van der Waals surface area (Å²) in [6.45, 7) is 0.774. The normalized spacial score (nSPS) is 10.3. The standard InChI is InChI=1S/C15H19N3O2/c1-16-8-12-9-17-15(18-10-12)7-11-4-5-13(19-2)14(6-11)20-3/h4-6,9-10,16H,7-8H2,1-3H3. The molecule has 5 nitrogen and oxygen atoms in total. The molecule has 0 radical (unpaired) electrons. The number of rotatable bonds is 6. The first-order chi connectivity index (χ1) is 9.76. The largest absolute Gasteiger partial charge is 0.493 e. The molecule has 1 aromatic carbocycles. The van der Waals surface area contributed by atoms with E-state index in [1.165, 1.54) is 0 Å². The molecule has 1 N–H and O–H groups in total. The SMILES string of the molecule is CNCc1cnc(Cc2ccc(OC)c(OC)c2)nc1. The molecule has 5 heteroatoms. The lowest BCUT2D eigenvalue weighted by molar-refractivity contribution is 0.354. The second-order valence-electron chi connectivity index (χ2n) is 4.40. The minimum atomic E-state index is 0.667. The lowest BCUT2D eigenvalue weighted by atomic mass is 10.1. The quantitative estimate of drug-likeness (QED) is 0.870. The Morgan fingerprint density at radius 2 is 1.70 bits per heavy atom. The van der Waals surface area contributed by atoms with Crippen LogP contribution in [0.1, 0.15) is 17.0 Å². The van der Waals surface area contributed by atoms with E-state index in [4.69, 9.17) is 9.47 Å². The van der Waals surface area contributed by atoms with Crippen LogP contribution in [0.3, 0.4) is 0 Å². The molecule has 0 aliphatic heterocycles. The monoisotopic (exact) mass is 273 g/mol. The molecule has 2 aromatic rings. The molecule has 0 fully saturated rings. The highest BCUT2D eigenvalue weighted by molar-refractivity contribution is 5.43. The van der Waals surface area contributed by atoms with Crippen molar-refractivity contribution >= 4 is 0 Å². The van der Waals surface area contributed by atoms with Gasteiger partial charge in [-0.2, -0.15) is 0 Å². The summed E-state index contributed by atoms with van der Waals surface area (Å²) in [6, 6.07) is 5.83. The van der Waals surface area contributed by atoms with Crippen molar-refractivity contribution in [1.82, 2.24) is 15.3 Å². The number of ether oxygens (including phenoxy) is 2. The predicted octanol–water partition coefficient (Wildman–Crippen LogP) is 1.80. The number of methoxy groups -OCH3 is 2. The van der Waals surface area contributed by atoms with Gasteiger partial charge in [0.1, 0.15) is 5.82 Å². The molecule has 0 atom stereocenters. The Bertz CT molecular complexity index is 556. The molecule has 2 rings (SSSR count). The summed E-state index contributed by atoms with van der Waals surface area (Å²) in [5.41, 5.74) is 2.16. The smallest absolute Gasteiger partial charge is 0.161 e. The molecule has 20 heavy (non-hydrogen) atoms. The first-order valence-corrected chi connectivity index (χ1v) is 6.42. The summed E-state index contributed by atoms with van der Waals surface area (Å²) >= 11 is 0. The Morgan fingerprint density at radius 1 is 1.00 bits per heavy atom. The van der Waals surface area contributed by atoms with E-state index in [9.17, 15) is 0 Å². The van der Waals surface area contributed by atoms with Crippen LogP contribution in [0.5, 0.6) is 11.5 Å². The van der Waals surface area contributed by atoms with Gasteiger partial charge in [0.2, 0.25) is 0 Å². The van der Waals surface area contributed by atoms with Crippen molar-refractivity contribution < 1.29 is 9.47 Å². The maximum atomic E-state index is 5.29. The van der Waals surface area contributed by atoms with E-state index in [1.807, 2.05) is 37.6 Å². The molecule has 0 saturated heterocycles. The van der Waals surface area contributed by atoms with Gasteiger partial charge in [0, 0.05) is 30.9 Å². The van der Waals surface area contributed by atoms with E-state index in [-0.39, 0.29) is 0 Å². The summed E-state index contributed by atoms with van der Waals surface area (Å²) < 4.78 is 10.5. The lowest BCUT2D eigenvalue weighted by Crippen LogP contribution is -2.07. The lowest BCUT2D eigenvalue weighted by Gasteiger charge is -2.09. The van der Waals surface area contributed by atoms with Crippen molar-refractivity contribution in [2.24, 2.45) is 0 Å². The van der Waals surface area contributed by atoms with Gasteiger partial charge in [-0.05, 0) is 24.7 Å². The van der Waals surface area contributed by atoms with Crippen LogP contribution in [0.4, 0.5) is 0 Å². The number of nitrogens with one attached hydrogen (secondary N) is 1. The maximum absolute atomic E-state index is 5.29. The first kappa shape index (κ1) is 14.3. The Labute approximate surface area is 119 Å². The number of benzene rings is 1. The zero-order valence-corrected chi connectivity index (χ0v) is 12.0. The van der Waals surface area contributed by atoms with Gasteiger partial charge in [0.25, 0.3) is 0 Å². The van der Waals surface area contributed by atoms with Gasteiger partial charge in [-0.15, -0.1) is 0 Å². The number of aromatic nitrogens is 2. The van der Waals surface area contributed by atoms with Crippen molar-refractivity contribution in [1.29, 1.82) is 0 Å². The van der Waals surface area contributed by atoms with Gasteiger partial charge in [-0.25, -0.2) is 9.97 Å². The molecular weight excluding hydrogens is 254 g/mol. The fourth-order valence-corrected chi connectivity index (χ4v) is 1.94. The third-order valence-corrected chi connectivity index (χ3v) is 2.95. The summed E-state index contributed by atoms with van der Waals surface area (Å²) in [5, 5.41) is 3.07. The van der Waals surface area contributed by atoms with Gasteiger partial charge < -0.3 is 14.8 Å². The van der Waals surface area contributed by atoms with E-state index >= 15 is 0 Å². The van der Waals surface area contributed by atoms with Crippen molar-refractivity contribution in [3.63, 3.8) is 0 Å². The fourth-order valence-electron chi connectivity index (χ4n) is 1.94. The molecule has 0 saturated carbocycles. The molecule has 1 aromatic heterocycles. The Kier molecular flexibility index (Phi) is 4.90. The molecule has 0 unspecified atom stereocenters. The summed E-state index contributed by atoms with van der Waals surface area (Å²) in [6.07, 6.45) is 4.36. The maximum Gasteiger partial charge on any atom is 0.161 e. The first-order valence-electron chi connectivity index (χ1n) is 6.42. The minimum Gasteiger partial charge on any atom is -0.493 e. The molecule has 106 valence electrons. The average Bonchev–Trinajstić information content (AvgIpc) is 2.49. The highest BCUT2D eigenvalue weighted by atomic mass is 16.5. The zero-order chi connectivity index (χ0) is 14.4. The number of hydrogen-bond donors (Lipinski definition) is 1. The van der Waals surface area contributed by atoms with Crippen molar-refractivity contribution in [2.75, 3.05) is 21.3 Å². The van der Waals surface area contributed by atoms with E-state index in [1.54, 1.807) is 14.2 Å². The second-order valence-corrected chi connectivity index (χ2v) is 4.40. The van der Waals surface area contributed by atoms with E-state index < -0.39 is 0 Å². The van der Waals surface area contributed by atoms with Gasteiger partial charge >= 0.3 is 0 Å². The van der Waals surface area contributed by atoms with Gasteiger partial charge in [-0.3, -0.25) is 0 Å². The van der Waals surface area contributed by atoms with E-state index in [0.29, 0.717) is 6.42 Å². The molecule has 0 aliphatic rings. The Hall–Kier alpha value is -2.14. The number of nitrogens with zero attached hydrogens (tertiary/aromatic N) is 2. The van der Waals surface area contributed by atoms with Gasteiger partial charge in [-0.1, -0.05) is 6.07 Å². The van der Waals surface area contributed by atoms with Crippen molar-refractivity contribution in [3.05, 3.63) is 47.5 Å². The third-order valence-electron chi connectivity index (χ3n) is 2.95. The topological polar surface area (TPSA) is 56.3 Å². The molecule has 0 amide bonds. The zero-order valence-electron chi connectivity index (χ0n) is 12.0. The molecule has 0 spiro atoms. The van der Waals surface area contributed by atoms with E-state index in [2.05, 4.69) is 15.3 Å². The predicted molar refractivity (Wildman–Crippen MR) is 77.1 cm³/mol. The summed E-state index contributed by atoms with van der Waals surface area (Å²) in [4.78, 5) is 8.73. The molecule has 0 aliphatic carbocycles. The second kappa shape index (κ2) is 6.86. The Balaban J connectivity index is 2.13. The van der Waals surface area contributed by atoms with Crippen LogP contribution in [-0.4, -0.2) is 31.2 Å². The van der Waals surface area contributed by atoms with Crippen LogP contribution < -0.4 is 14.8 Å². The van der Waals surface area contributed by atoms with Gasteiger partial charge in [0.15, 0.2) is 11.5 Å². The van der Waals surface area contributed by atoms with Crippen LogP contribution in [0.2, 0.25) is 0 Å². The van der Waals surface area contributed by atoms with Crippen LogP contribution in [0, 0.1) is 0 Å². The highest BCUT2D eigenvalue weighted by Crippen LogP contribution is 2.28. The molecular formula is C15H19N3O2. The third kappa shape index (κ3) is 3.45. The summed E-state index contributed by atoms with van der Waals surface area (Å²) in [5.74, 6) is 2.23. The molecule has 0 bridgehead atoms. The fraction of sp³-hybridized carbons (Fsp3) is 0.333. The molecule has 1 heterocycles. The highest BCUT2D eigenvalue weighted by Gasteiger charge is 2.06. The van der Waals surface area contributed by atoms with Crippen molar-refractivity contribution in [3.8, 4) is 11.5 Å².